The van der Waals surface area contributed by atoms with E-state index in [0.717, 1.165) is 6.42 Å². The number of hydrogen-bond donors (Lipinski definition) is 2. The smallest absolute Gasteiger partial charge is 0.0722 e. The Kier molecular flexibility index (Phi) is 4.16. The maximum atomic E-state index is 10.7. The number of fused-ring (bicyclic) bond motifs is 1. The van der Waals surface area contributed by atoms with Crippen molar-refractivity contribution >= 4 is 0 Å². The molecule has 0 aliphatic heterocycles. The molecule has 0 heterocycles. The Morgan fingerprint density at radius 2 is 1.55 bits per heavy atom. The Morgan fingerprint density at radius 1 is 0.850 bits per heavy atom. The molecule has 0 saturated heterocycles. The van der Waals surface area contributed by atoms with Crippen LogP contribution in [0.15, 0.2) is 0 Å². The van der Waals surface area contributed by atoms with E-state index in [1.807, 2.05) is 0 Å². The summed E-state index contributed by atoms with van der Waals surface area (Å²) in [7, 11) is 0. The molecule has 2 heteroatoms. The summed E-state index contributed by atoms with van der Waals surface area (Å²) in [5.41, 5.74) is 0.420. The molecule has 4 atom stereocenters. The largest absolute Gasteiger partial charge is 0.391 e. The third kappa shape index (κ3) is 2.54. The molecule has 2 N–H and O–H groups in total. The molecule has 3 saturated carbocycles. The van der Waals surface area contributed by atoms with Gasteiger partial charge in [-0.25, -0.2) is 0 Å². The Labute approximate surface area is 124 Å². The van der Waals surface area contributed by atoms with Gasteiger partial charge in [-0.1, -0.05) is 39.0 Å². The van der Waals surface area contributed by atoms with Crippen LogP contribution >= 0.6 is 0 Å². The number of nitrogens with one attached hydrogen (secondary N) is 1. The molecule has 20 heavy (non-hydrogen) atoms. The van der Waals surface area contributed by atoms with E-state index in [1.54, 1.807) is 0 Å². The number of rotatable bonds is 2. The van der Waals surface area contributed by atoms with Crippen molar-refractivity contribution in [1.29, 1.82) is 0 Å². The highest BCUT2D eigenvalue weighted by Gasteiger charge is 2.54. The van der Waals surface area contributed by atoms with Gasteiger partial charge in [0.1, 0.15) is 0 Å². The molecule has 0 bridgehead atoms. The van der Waals surface area contributed by atoms with E-state index >= 15 is 0 Å². The first-order valence-electron chi connectivity index (χ1n) is 9.00. The van der Waals surface area contributed by atoms with E-state index in [4.69, 9.17) is 0 Å². The van der Waals surface area contributed by atoms with E-state index in [2.05, 4.69) is 19.2 Å². The fourth-order valence-electron chi connectivity index (χ4n) is 5.61. The summed E-state index contributed by atoms with van der Waals surface area (Å²) in [5, 5.41) is 14.7. The lowest BCUT2D eigenvalue weighted by Crippen LogP contribution is -2.66. The summed E-state index contributed by atoms with van der Waals surface area (Å²) >= 11 is 0. The number of aliphatic hydroxyl groups is 1. The van der Waals surface area contributed by atoms with E-state index in [0.29, 0.717) is 17.4 Å². The van der Waals surface area contributed by atoms with Crippen molar-refractivity contribution in [2.75, 3.05) is 0 Å². The minimum absolute atomic E-state index is 0.0462. The maximum Gasteiger partial charge on any atom is 0.0722 e. The summed E-state index contributed by atoms with van der Waals surface area (Å²) in [6, 6.07) is 0.646. The standard InChI is InChI=1S/C18H33NO/c1-17-12-7-6-10-15(17)18(2,16(20)11-13-17)19-14-8-4-3-5-9-14/h14-16,19-20H,3-13H2,1-2H3. The van der Waals surface area contributed by atoms with Crippen LogP contribution in [0, 0.1) is 11.3 Å². The van der Waals surface area contributed by atoms with Gasteiger partial charge in [0.15, 0.2) is 0 Å². The Bertz CT molecular complexity index is 338. The van der Waals surface area contributed by atoms with Gasteiger partial charge in [-0.05, 0) is 56.8 Å². The normalized spacial score (nSPS) is 47.0. The van der Waals surface area contributed by atoms with Crippen molar-refractivity contribution in [1.82, 2.24) is 5.32 Å². The van der Waals surface area contributed by atoms with Crippen LogP contribution in [0.25, 0.3) is 0 Å². The van der Waals surface area contributed by atoms with Crippen molar-refractivity contribution < 1.29 is 5.11 Å². The quantitative estimate of drug-likeness (QED) is 0.800. The highest BCUT2D eigenvalue weighted by Crippen LogP contribution is 2.54. The molecule has 3 fully saturated rings. The Hall–Kier alpha value is -0.0800. The lowest BCUT2D eigenvalue weighted by Gasteiger charge is -2.58. The van der Waals surface area contributed by atoms with Gasteiger partial charge in [0.05, 0.1) is 6.10 Å². The summed E-state index contributed by atoms with van der Waals surface area (Å²) in [6.07, 6.45) is 14.2. The molecule has 0 aromatic carbocycles. The Balaban J connectivity index is 1.79. The lowest BCUT2D eigenvalue weighted by molar-refractivity contribution is -0.0946. The van der Waals surface area contributed by atoms with Gasteiger partial charge in [0.2, 0.25) is 0 Å². The fraction of sp³-hybridized carbons (Fsp3) is 1.00. The summed E-state index contributed by atoms with van der Waals surface area (Å²) in [4.78, 5) is 0. The topological polar surface area (TPSA) is 32.3 Å². The van der Waals surface area contributed by atoms with Crippen LogP contribution < -0.4 is 5.32 Å². The number of hydrogen-bond acceptors (Lipinski definition) is 2. The monoisotopic (exact) mass is 279 g/mol. The van der Waals surface area contributed by atoms with Gasteiger partial charge in [-0.3, -0.25) is 0 Å². The van der Waals surface area contributed by atoms with Gasteiger partial charge < -0.3 is 10.4 Å². The molecular formula is C18H33NO. The maximum absolute atomic E-state index is 10.7. The van der Waals surface area contributed by atoms with Crippen molar-refractivity contribution in [3.63, 3.8) is 0 Å². The molecule has 116 valence electrons. The zero-order valence-corrected chi connectivity index (χ0v) is 13.5. The highest BCUT2D eigenvalue weighted by atomic mass is 16.3. The zero-order chi connectivity index (χ0) is 14.2. The van der Waals surface area contributed by atoms with Gasteiger partial charge in [0, 0.05) is 11.6 Å². The van der Waals surface area contributed by atoms with Crippen LogP contribution in [-0.4, -0.2) is 22.8 Å². The molecule has 3 rings (SSSR count). The zero-order valence-electron chi connectivity index (χ0n) is 13.5. The summed E-state index contributed by atoms with van der Waals surface area (Å²) in [6.45, 7) is 4.82. The van der Waals surface area contributed by atoms with Gasteiger partial charge in [-0.15, -0.1) is 0 Å². The molecule has 0 aromatic rings. The van der Waals surface area contributed by atoms with E-state index < -0.39 is 0 Å². The van der Waals surface area contributed by atoms with Crippen molar-refractivity contribution in [2.45, 2.75) is 102 Å². The van der Waals surface area contributed by atoms with E-state index in [-0.39, 0.29) is 11.6 Å². The lowest BCUT2D eigenvalue weighted by atomic mass is 9.53. The second-order valence-corrected chi connectivity index (χ2v) is 8.27. The molecule has 0 amide bonds. The van der Waals surface area contributed by atoms with Gasteiger partial charge in [0.25, 0.3) is 0 Å². The van der Waals surface area contributed by atoms with Crippen LogP contribution in [0.2, 0.25) is 0 Å². The first kappa shape index (κ1) is 14.8. The fourth-order valence-corrected chi connectivity index (χ4v) is 5.61. The molecule has 3 aliphatic rings. The first-order chi connectivity index (χ1) is 9.55. The van der Waals surface area contributed by atoms with E-state index in [1.165, 1.54) is 64.2 Å². The first-order valence-corrected chi connectivity index (χ1v) is 9.00. The number of aliphatic hydroxyl groups excluding tert-OH is 1. The third-order valence-electron chi connectivity index (χ3n) is 6.86. The van der Waals surface area contributed by atoms with Crippen LogP contribution in [0.4, 0.5) is 0 Å². The van der Waals surface area contributed by atoms with Gasteiger partial charge >= 0.3 is 0 Å². The predicted octanol–water partition coefficient (Wildman–Crippen LogP) is 4.02. The molecule has 0 spiro atoms. The second-order valence-electron chi connectivity index (χ2n) is 8.27. The average Bonchev–Trinajstić information content (AvgIpc) is 2.45. The minimum Gasteiger partial charge on any atom is -0.391 e. The molecule has 2 nitrogen and oxygen atoms in total. The Morgan fingerprint density at radius 3 is 2.30 bits per heavy atom. The van der Waals surface area contributed by atoms with Crippen LogP contribution in [0.1, 0.15) is 84.5 Å². The van der Waals surface area contributed by atoms with Crippen molar-refractivity contribution in [3.8, 4) is 0 Å². The summed E-state index contributed by atoms with van der Waals surface area (Å²) < 4.78 is 0. The van der Waals surface area contributed by atoms with Crippen LogP contribution in [0.3, 0.4) is 0 Å². The third-order valence-corrected chi connectivity index (χ3v) is 6.86. The molecule has 0 aromatic heterocycles. The van der Waals surface area contributed by atoms with Crippen LogP contribution in [0.5, 0.6) is 0 Å². The van der Waals surface area contributed by atoms with Crippen molar-refractivity contribution in [2.24, 2.45) is 11.3 Å². The van der Waals surface area contributed by atoms with Crippen LogP contribution in [-0.2, 0) is 0 Å². The summed E-state index contributed by atoms with van der Waals surface area (Å²) in [5.74, 6) is 0.662. The molecule has 0 radical (unpaired) electrons. The van der Waals surface area contributed by atoms with Crippen molar-refractivity contribution in [3.05, 3.63) is 0 Å². The SMILES string of the molecule is CC12CCCCC1C(C)(NC1CCCCC1)C(O)CC2. The van der Waals surface area contributed by atoms with Gasteiger partial charge in [-0.2, -0.15) is 0 Å². The molecule has 4 unspecified atom stereocenters. The van der Waals surface area contributed by atoms with E-state index in [9.17, 15) is 5.11 Å². The minimum atomic E-state index is -0.152. The predicted molar refractivity (Wildman–Crippen MR) is 83.7 cm³/mol. The average molecular weight is 279 g/mol. The molecule has 3 aliphatic carbocycles. The molecular weight excluding hydrogens is 246 g/mol. The highest BCUT2D eigenvalue weighted by molar-refractivity contribution is 5.09. The second kappa shape index (κ2) is 5.61.